The molecule has 8 heteroatoms. The van der Waals surface area contributed by atoms with Crippen LogP contribution < -0.4 is 9.64 Å². The minimum Gasteiger partial charge on any atom is -0.497 e. The molecular formula is C27H27N5O2S. The standard InChI is InChI=1S/C27H27N5O2S/c1-34-20-10-8-18(9-11-20)24-29-25(23-21-6-2-3-7-22(21)35-26(23)30-24)31-13-15-32(16-14-31)27(33)19-5-4-12-28-17-19/h4-5,8-12,17H,2-3,6-7,13-16H2,1H3. The molecule has 178 valence electrons. The van der Waals surface area contributed by atoms with Crippen LogP contribution in [0.5, 0.6) is 5.75 Å². The number of nitrogens with zero attached hydrogens (tertiary/aromatic N) is 5. The lowest BCUT2D eigenvalue weighted by Gasteiger charge is -2.36. The number of carbonyl (C=O) groups is 1. The van der Waals surface area contributed by atoms with Gasteiger partial charge in [-0.3, -0.25) is 9.78 Å². The molecule has 2 aliphatic rings. The number of anilines is 1. The van der Waals surface area contributed by atoms with E-state index in [0.717, 1.165) is 53.7 Å². The monoisotopic (exact) mass is 485 g/mol. The van der Waals surface area contributed by atoms with Crippen LogP contribution >= 0.6 is 11.3 Å². The average Bonchev–Trinajstić information content (AvgIpc) is 3.31. The van der Waals surface area contributed by atoms with Crippen molar-refractivity contribution in [3.8, 4) is 17.1 Å². The quantitative estimate of drug-likeness (QED) is 0.421. The van der Waals surface area contributed by atoms with Crippen molar-refractivity contribution in [2.75, 3.05) is 38.2 Å². The van der Waals surface area contributed by atoms with Gasteiger partial charge >= 0.3 is 0 Å². The summed E-state index contributed by atoms with van der Waals surface area (Å²) >= 11 is 1.82. The smallest absolute Gasteiger partial charge is 0.255 e. The van der Waals surface area contributed by atoms with Gasteiger partial charge in [0.25, 0.3) is 5.91 Å². The second-order valence-corrected chi connectivity index (χ2v) is 10.1. The van der Waals surface area contributed by atoms with Crippen molar-refractivity contribution in [1.29, 1.82) is 0 Å². The summed E-state index contributed by atoms with van der Waals surface area (Å²) in [5.41, 5.74) is 3.05. The molecule has 1 aliphatic carbocycles. The van der Waals surface area contributed by atoms with Crippen molar-refractivity contribution in [3.05, 3.63) is 64.8 Å². The summed E-state index contributed by atoms with van der Waals surface area (Å²) in [6.07, 6.45) is 8.00. The van der Waals surface area contributed by atoms with Gasteiger partial charge in [0.2, 0.25) is 0 Å². The first-order chi connectivity index (χ1) is 17.2. The zero-order valence-electron chi connectivity index (χ0n) is 19.7. The van der Waals surface area contributed by atoms with E-state index in [2.05, 4.69) is 9.88 Å². The van der Waals surface area contributed by atoms with Gasteiger partial charge in [-0.15, -0.1) is 11.3 Å². The molecule has 1 aromatic carbocycles. The molecule has 0 spiro atoms. The van der Waals surface area contributed by atoms with Crippen molar-refractivity contribution < 1.29 is 9.53 Å². The lowest BCUT2D eigenvalue weighted by Crippen LogP contribution is -2.49. The van der Waals surface area contributed by atoms with E-state index in [1.165, 1.54) is 28.7 Å². The molecule has 6 rings (SSSR count). The number of hydrogen-bond acceptors (Lipinski definition) is 7. The van der Waals surface area contributed by atoms with Gasteiger partial charge in [-0.05, 0) is 67.6 Å². The van der Waals surface area contributed by atoms with Crippen LogP contribution in [0.3, 0.4) is 0 Å². The number of benzene rings is 1. The Morgan fingerprint density at radius 1 is 1.00 bits per heavy atom. The number of thiophene rings is 1. The lowest BCUT2D eigenvalue weighted by atomic mass is 9.96. The summed E-state index contributed by atoms with van der Waals surface area (Å²) in [5, 5.41) is 1.22. The number of piperazine rings is 1. The van der Waals surface area contributed by atoms with E-state index in [9.17, 15) is 4.79 Å². The topological polar surface area (TPSA) is 71.5 Å². The third-order valence-corrected chi connectivity index (χ3v) is 8.10. The van der Waals surface area contributed by atoms with Gasteiger partial charge in [0.15, 0.2) is 5.82 Å². The van der Waals surface area contributed by atoms with E-state index in [1.54, 1.807) is 19.5 Å². The number of carbonyl (C=O) groups excluding carboxylic acids is 1. The van der Waals surface area contributed by atoms with Crippen molar-refractivity contribution in [3.63, 3.8) is 0 Å². The first-order valence-electron chi connectivity index (χ1n) is 12.1. The van der Waals surface area contributed by atoms with Gasteiger partial charge in [-0.2, -0.15) is 0 Å². The maximum absolute atomic E-state index is 12.9. The summed E-state index contributed by atoms with van der Waals surface area (Å²) in [5.74, 6) is 2.60. The molecule has 1 fully saturated rings. The minimum absolute atomic E-state index is 0.0393. The summed E-state index contributed by atoms with van der Waals surface area (Å²) < 4.78 is 5.33. The highest BCUT2D eigenvalue weighted by Gasteiger charge is 2.28. The number of hydrogen-bond donors (Lipinski definition) is 0. The normalized spacial score (nSPS) is 15.8. The number of aromatic nitrogens is 3. The molecular weight excluding hydrogens is 458 g/mol. The third kappa shape index (κ3) is 4.12. The molecule has 0 radical (unpaired) electrons. The molecule has 35 heavy (non-hydrogen) atoms. The third-order valence-electron chi connectivity index (χ3n) is 6.92. The van der Waals surface area contributed by atoms with E-state index < -0.39 is 0 Å². The molecule has 3 aromatic heterocycles. The number of fused-ring (bicyclic) bond motifs is 3. The Morgan fingerprint density at radius 2 is 1.80 bits per heavy atom. The number of ether oxygens (including phenoxy) is 1. The Hall–Kier alpha value is -3.52. The van der Waals surface area contributed by atoms with Crippen molar-refractivity contribution in [1.82, 2.24) is 19.9 Å². The highest BCUT2D eigenvalue weighted by Crippen LogP contribution is 2.41. The molecule has 0 saturated carbocycles. The van der Waals surface area contributed by atoms with Crippen LogP contribution in [0.1, 0.15) is 33.6 Å². The highest BCUT2D eigenvalue weighted by atomic mass is 32.1. The zero-order chi connectivity index (χ0) is 23.8. The van der Waals surface area contributed by atoms with E-state index in [-0.39, 0.29) is 5.91 Å². The number of methoxy groups -OCH3 is 1. The maximum Gasteiger partial charge on any atom is 0.255 e. The molecule has 0 bridgehead atoms. The fourth-order valence-corrected chi connectivity index (χ4v) is 6.29. The van der Waals surface area contributed by atoms with Gasteiger partial charge in [0.1, 0.15) is 16.4 Å². The lowest BCUT2D eigenvalue weighted by molar-refractivity contribution is 0.0746. The first-order valence-corrected chi connectivity index (χ1v) is 12.9. The molecule has 1 saturated heterocycles. The Morgan fingerprint density at radius 3 is 2.54 bits per heavy atom. The Kier molecular flexibility index (Phi) is 5.82. The molecule has 7 nitrogen and oxygen atoms in total. The van der Waals surface area contributed by atoms with Crippen LogP contribution in [0.4, 0.5) is 5.82 Å². The second kappa shape index (κ2) is 9.26. The van der Waals surface area contributed by atoms with Gasteiger partial charge in [0.05, 0.1) is 18.1 Å². The largest absolute Gasteiger partial charge is 0.497 e. The Bertz CT molecular complexity index is 1360. The number of pyridine rings is 1. The SMILES string of the molecule is COc1ccc(-c2nc(N3CCN(C(=O)c4cccnc4)CC3)c3c4c(sc3n2)CCCC4)cc1. The van der Waals surface area contributed by atoms with E-state index >= 15 is 0 Å². The molecule has 1 aliphatic heterocycles. The summed E-state index contributed by atoms with van der Waals surface area (Å²) in [7, 11) is 1.67. The molecule has 4 aromatic rings. The van der Waals surface area contributed by atoms with Crippen LogP contribution in [-0.2, 0) is 12.8 Å². The Balaban J connectivity index is 1.35. The predicted octanol–water partition coefficient (Wildman–Crippen LogP) is 4.60. The predicted molar refractivity (Wildman–Crippen MR) is 138 cm³/mol. The number of aryl methyl sites for hydroxylation is 2. The number of amides is 1. The van der Waals surface area contributed by atoms with Gasteiger partial charge in [-0.1, -0.05) is 0 Å². The van der Waals surface area contributed by atoms with Crippen LogP contribution in [0, 0.1) is 0 Å². The summed E-state index contributed by atoms with van der Waals surface area (Å²) in [6, 6.07) is 11.6. The molecule has 0 atom stereocenters. The highest BCUT2D eigenvalue weighted by molar-refractivity contribution is 7.19. The minimum atomic E-state index is 0.0393. The zero-order valence-corrected chi connectivity index (χ0v) is 20.6. The van der Waals surface area contributed by atoms with Crippen LogP contribution in [0.2, 0.25) is 0 Å². The first kappa shape index (κ1) is 22.0. The van der Waals surface area contributed by atoms with E-state index in [1.807, 2.05) is 52.6 Å². The van der Waals surface area contributed by atoms with Gasteiger partial charge in [-0.25, -0.2) is 9.97 Å². The van der Waals surface area contributed by atoms with Crippen molar-refractivity contribution in [2.45, 2.75) is 25.7 Å². The van der Waals surface area contributed by atoms with E-state index in [0.29, 0.717) is 18.7 Å². The Labute approximate surface area is 208 Å². The molecule has 0 unspecified atom stereocenters. The maximum atomic E-state index is 12.9. The van der Waals surface area contributed by atoms with Gasteiger partial charge in [0, 0.05) is 49.0 Å². The van der Waals surface area contributed by atoms with Gasteiger partial charge < -0.3 is 14.5 Å². The fourth-order valence-electron chi connectivity index (χ4n) is 5.03. The van der Waals surface area contributed by atoms with E-state index in [4.69, 9.17) is 14.7 Å². The average molecular weight is 486 g/mol. The van der Waals surface area contributed by atoms with Crippen molar-refractivity contribution in [2.24, 2.45) is 0 Å². The van der Waals surface area contributed by atoms with Crippen LogP contribution in [-0.4, -0.2) is 59.0 Å². The molecule has 0 N–H and O–H groups in total. The van der Waals surface area contributed by atoms with Crippen molar-refractivity contribution >= 4 is 33.3 Å². The summed E-state index contributed by atoms with van der Waals surface area (Å²) in [6.45, 7) is 2.79. The van der Waals surface area contributed by atoms with Crippen LogP contribution in [0.25, 0.3) is 21.6 Å². The fraction of sp³-hybridized carbons (Fsp3) is 0.333. The second-order valence-electron chi connectivity index (χ2n) is 9.01. The number of rotatable bonds is 4. The molecule has 1 amide bonds. The molecule has 4 heterocycles. The summed E-state index contributed by atoms with van der Waals surface area (Å²) in [4.78, 5) is 34.0. The van der Waals surface area contributed by atoms with Crippen LogP contribution in [0.15, 0.2) is 48.8 Å².